The highest BCUT2D eigenvalue weighted by atomic mass is 35.5. The standard InChI is InChI=1S/C15H15Cl2N3O3S/c1-7(24-10-6-8(16)4-5-9(10)17)12(21)11-13(18)19(2)15(23)20(3)14(11)22/h4-7H,18H2,1-3H3/t7-/m0/s1. The lowest BCUT2D eigenvalue weighted by Crippen LogP contribution is -2.42. The van der Waals surface area contributed by atoms with Gasteiger partial charge in [0.15, 0.2) is 5.78 Å². The van der Waals surface area contributed by atoms with E-state index in [-0.39, 0.29) is 11.4 Å². The summed E-state index contributed by atoms with van der Waals surface area (Å²) in [5, 5.41) is 0.290. The number of halogens is 2. The molecule has 2 aromatic rings. The fraction of sp³-hybridized carbons (Fsp3) is 0.267. The predicted octanol–water partition coefficient (Wildman–Crippen LogP) is 2.34. The Kier molecular flexibility index (Phi) is 5.47. The normalized spacial score (nSPS) is 12.2. The largest absolute Gasteiger partial charge is 0.384 e. The number of nitrogen functional groups attached to an aromatic ring is 1. The molecule has 128 valence electrons. The summed E-state index contributed by atoms with van der Waals surface area (Å²) < 4.78 is 1.92. The van der Waals surface area contributed by atoms with Crippen LogP contribution in [0.2, 0.25) is 10.0 Å². The molecule has 0 fully saturated rings. The van der Waals surface area contributed by atoms with Gasteiger partial charge < -0.3 is 5.73 Å². The quantitative estimate of drug-likeness (QED) is 0.642. The van der Waals surface area contributed by atoms with Crippen molar-refractivity contribution in [3.63, 3.8) is 0 Å². The van der Waals surface area contributed by atoms with E-state index in [1.165, 1.54) is 14.1 Å². The minimum absolute atomic E-state index is 0.155. The molecule has 2 N–H and O–H groups in total. The average Bonchev–Trinajstić information content (AvgIpc) is 2.54. The Hall–Kier alpha value is -1.70. The number of thioether (sulfide) groups is 1. The lowest BCUT2D eigenvalue weighted by molar-refractivity contribution is 0.0992. The summed E-state index contributed by atoms with van der Waals surface area (Å²) >= 11 is 13.2. The summed E-state index contributed by atoms with van der Waals surface area (Å²) in [5.41, 5.74) is 4.29. The van der Waals surface area contributed by atoms with E-state index >= 15 is 0 Å². The van der Waals surface area contributed by atoms with Crippen molar-refractivity contribution in [1.29, 1.82) is 0 Å². The summed E-state index contributed by atoms with van der Waals surface area (Å²) in [6.07, 6.45) is 0. The topological polar surface area (TPSA) is 87.1 Å². The second-order valence-corrected chi connectivity index (χ2v) is 7.39. The van der Waals surface area contributed by atoms with Crippen LogP contribution in [0.3, 0.4) is 0 Å². The van der Waals surface area contributed by atoms with Gasteiger partial charge in [-0.25, -0.2) is 4.79 Å². The molecule has 0 radical (unpaired) electrons. The number of hydrogen-bond acceptors (Lipinski definition) is 5. The Morgan fingerprint density at radius 3 is 2.46 bits per heavy atom. The molecule has 1 heterocycles. The van der Waals surface area contributed by atoms with Crippen molar-refractivity contribution in [3.05, 3.63) is 54.6 Å². The molecule has 0 aliphatic rings. The average molecular weight is 388 g/mol. The number of benzene rings is 1. The number of carbonyl (C=O) groups excluding carboxylic acids is 1. The maximum atomic E-state index is 12.7. The molecule has 24 heavy (non-hydrogen) atoms. The zero-order chi connectivity index (χ0) is 18.2. The van der Waals surface area contributed by atoms with E-state index < -0.39 is 22.3 Å². The van der Waals surface area contributed by atoms with Gasteiger partial charge in [0.05, 0.1) is 10.3 Å². The Morgan fingerprint density at radius 2 is 1.83 bits per heavy atom. The first kappa shape index (κ1) is 18.6. The van der Waals surface area contributed by atoms with Crippen molar-refractivity contribution in [1.82, 2.24) is 9.13 Å². The van der Waals surface area contributed by atoms with Crippen LogP contribution in [0, 0.1) is 0 Å². The zero-order valence-electron chi connectivity index (χ0n) is 13.2. The fourth-order valence-corrected chi connectivity index (χ4v) is 3.58. The van der Waals surface area contributed by atoms with Crippen LogP contribution in [-0.2, 0) is 14.1 Å². The van der Waals surface area contributed by atoms with E-state index in [4.69, 9.17) is 28.9 Å². The Morgan fingerprint density at radius 1 is 1.21 bits per heavy atom. The first-order valence-electron chi connectivity index (χ1n) is 6.86. The van der Waals surface area contributed by atoms with Crippen molar-refractivity contribution >= 4 is 46.6 Å². The third-order valence-corrected chi connectivity index (χ3v) is 5.36. The van der Waals surface area contributed by atoms with Crippen LogP contribution in [0.25, 0.3) is 0 Å². The maximum absolute atomic E-state index is 12.7. The van der Waals surface area contributed by atoms with E-state index in [1.807, 2.05) is 0 Å². The molecular formula is C15H15Cl2N3O3S. The Balaban J connectivity index is 2.44. The summed E-state index contributed by atoms with van der Waals surface area (Å²) in [4.78, 5) is 37.4. The number of hydrogen-bond donors (Lipinski definition) is 1. The van der Waals surface area contributed by atoms with E-state index in [0.717, 1.165) is 20.9 Å². The van der Waals surface area contributed by atoms with Crippen molar-refractivity contribution in [2.24, 2.45) is 14.1 Å². The monoisotopic (exact) mass is 387 g/mol. The van der Waals surface area contributed by atoms with E-state index in [1.54, 1.807) is 25.1 Å². The highest BCUT2D eigenvalue weighted by Crippen LogP contribution is 2.33. The van der Waals surface area contributed by atoms with Gasteiger partial charge in [-0.3, -0.25) is 18.7 Å². The molecule has 0 aliphatic heterocycles. The van der Waals surface area contributed by atoms with Crippen molar-refractivity contribution in [3.8, 4) is 0 Å². The molecule has 1 aromatic carbocycles. The van der Waals surface area contributed by atoms with Gasteiger partial charge in [-0.15, -0.1) is 11.8 Å². The number of Topliss-reactive ketones (excluding diaryl/α,β-unsaturated/α-hetero) is 1. The van der Waals surface area contributed by atoms with Gasteiger partial charge >= 0.3 is 5.69 Å². The number of nitrogens with two attached hydrogens (primary N) is 1. The molecule has 0 aliphatic carbocycles. The van der Waals surface area contributed by atoms with Crippen LogP contribution in [0.1, 0.15) is 17.3 Å². The van der Waals surface area contributed by atoms with Crippen LogP contribution >= 0.6 is 35.0 Å². The SMILES string of the molecule is C[C@H](Sc1cc(Cl)ccc1Cl)C(=O)c1c(N)n(C)c(=O)n(C)c1=O. The molecule has 0 saturated carbocycles. The van der Waals surface area contributed by atoms with E-state index in [2.05, 4.69) is 0 Å². The molecule has 6 nitrogen and oxygen atoms in total. The highest BCUT2D eigenvalue weighted by Gasteiger charge is 2.25. The number of aromatic nitrogens is 2. The lowest BCUT2D eigenvalue weighted by atomic mass is 10.1. The van der Waals surface area contributed by atoms with Crippen LogP contribution in [0.4, 0.5) is 5.82 Å². The number of rotatable bonds is 4. The first-order valence-corrected chi connectivity index (χ1v) is 8.50. The van der Waals surface area contributed by atoms with E-state index in [9.17, 15) is 14.4 Å². The predicted molar refractivity (Wildman–Crippen MR) is 97.4 cm³/mol. The third kappa shape index (κ3) is 3.38. The minimum Gasteiger partial charge on any atom is -0.384 e. The molecule has 0 spiro atoms. The van der Waals surface area contributed by atoms with Crippen molar-refractivity contribution < 1.29 is 4.79 Å². The third-order valence-electron chi connectivity index (χ3n) is 3.52. The molecule has 0 unspecified atom stereocenters. The van der Waals surface area contributed by atoms with Crippen LogP contribution < -0.4 is 17.0 Å². The summed E-state index contributed by atoms with van der Waals surface area (Å²) in [5.74, 6) is -0.637. The summed E-state index contributed by atoms with van der Waals surface area (Å²) in [6.45, 7) is 1.63. The molecule has 2 rings (SSSR count). The molecule has 1 aromatic heterocycles. The van der Waals surface area contributed by atoms with Gasteiger partial charge in [-0.1, -0.05) is 23.2 Å². The Bertz CT molecular complexity index is 937. The van der Waals surface area contributed by atoms with Crippen LogP contribution in [0.15, 0.2) is 32.7 Å². The lowest BCUT2D eigenvalue weighted by Gasteiger charge is -2.15. The summed E-state index contributed by atoms with van der Waals surface area (Å²) in [6, 6.07) is 4.91. The van der Waals surface area contributed by atoms with Gasteiger partial charge in [-0.2, -0.15) is 0 Å². The van der Waals surface area contributed by atoms with Gasteiger partial charge in [0.25, 0.3) is 5.56 Å². The molecular weight excluding hydrogens is 373 g/mol. The second-order valence-electron chi connectivity index (χ2n) is 5.17. The molecule has 0 amide bonds. The number of carbonyl (C=O) groups is 1. The van der Waals surface area contributed by atoms with Gasteiger partial charge in [-0.05, 0) is 25.1 Å². The fourth-order valence-electron chi connectivity index (χ4n) is 2.11. The number of anilines is 1. The van der Waals surface area contributed by atoms with Gasteiger partial charge in [0.2, 0.25) is 0 Å². The second kappa shape index (κ2) is 7.04. The van der Waals surface area contributed by atoms with Crippen molar-refractivity contribution in [2.75, 3.05) is 5.73 Å². The maximum Gasteiger partial charge on any atom is 0.332 e. The van der Waals surface area contributed by atoms with Crippen molar-refractivity contribution in [2.45, 2.75) is 17.1 Å². The zero-order valence-corrected chi connectivity index (χ0v) is 15.5. The van der Waals surface area contributed by atoms with Gasteiger partial charge in [0, 0.05) is 24.0 Å². The Labute approximate surface area is 152 Å². The smallest absolute Gasteiger partial charge is 0.332 e. The van der Waals surface area contributed by atoms with Gasteiger partial charge in [0.1, 0.15) is 11.4 Å². The number of ketones is 1. The minimum atomic E-state index is -0.717. The molecule has 0 saturated heterocycles. The van der Waals surface area contributed by atoms with Crippen LogP contribution in [0.5, 0.6) is 0 Å². The van der Waals surface area contributed by atoms with Crippen LogP contribution in [-0.4, -0.2) is 20.2 Å². The molecule has 9 heteroatoms. The van der Waals surface area contributed by atoms with E-state index in [0.29, 0.717) is 14.9 Å². The molecule has 1 atom stereocenters. The summed E-state index contributed by atoms with van der Waals surface area (Å²) in [7, 11) is 2.70. The first-order chi connectivity index (χ1) is 11.1. The highest BCUT2D eigenvalue weighted by molar-refractivity contribution is 8.00. The number of nitrogens with zero attached hydrogens (tertiary/aromatic N) is 2. The molecule has 0 bridgehead atoms.